The third-order valence-corrected chi connectivity index (χ3v) is 7.86. The molecular formula is C36H26N4. The van der Waals surface area contributed by atoms with Gasteiger partial charge in [0.2, 0.25) is 0 Å². The van der Waals surface area contributed by atoms with Crippen LogP contribution in [-0.4, -0.2) is 19.1 Å². The summed E-state index contributed by atoms with van der Waals surface area (Å²) < 4.78 is 4.50. The Morgan fingerprint density at radius 1 is 0.500 bits per heavy atom. The Balaban J connectivity index is 1.51. The zero-order valence-electron chi connectivity index (χ0n) is 22.3. The fraction of sp³-hybridized carbons (Fsp3) is 0.0556. The first kappa shape index (κ1) is 22.7. The predicted molar refractivity (Wildman–Crippen MR) is 166 cm³/mol. The fourth-order valence-corrected chi connectivity index (χ4v) is 6.02. The molecule has 4 heterocycles. The molecule has 8 aromatic rings. The normalized spacial score (nSPS) is 11.8. The summed E-state index contributed by atoms with van der Waals surface area (Å²) in [7, 11) is 0. The highest BCUT2D eigenvalue weighted by atomic mass is 15.1. The van der Waals surface area contributed by atoms with Gasteiger partial charge in [-0.15, -0.1) is 0 Å². The monoisotopic (exact) mass is 514 g/mol. The van der Waals surface area contributed by atoms with E-state index in [4.69, 9.17) is 9.97 Å². The van der Waals surface area contributed by atoms with Gasteiger partial charge in [0.05, 0.1) is 11.0 Å². The molecule has 4 aromatic carbocycles. The highest BCUT2D eigenvalue weighted by Gasteiger charge is 2.20. The molecule has 0 spiro atoms. The lowest BCUT2D eigenvalue weighted by Gasteiger charge is -2.10. The number of nitrogens with zero attached hydrogens (tertiary/aromatic N) is 4. The van der Waals surface area contributed by atoms with E-state index >= 15 is 0 Å². The lowest BCUT2D eigenvalue weighted by molar-refractivity contribution is 1.05. The van der Waals surface area contributed by atoms with E-state index in [0.29, 0.717) is 0 Å². The van der Waals surface area contributed by atoms with E-state index < -0.39 is 0 Å². The SMILES string of the molecule is Cc1ccc2c(c1)c1cc3c4cc(C)ccc4n(-c4ccccn4)c3nc1n2-c1cccc(-c2ccccc2)c1. The summed E-state index contributed by atoms with van der Waals surface area (Å²) in [6, 6.07) is 40.9. The molecule has 8 rings (SSSR count). The van der Waals surface area contributed by atoms with Crippen LogP contribution in [0.2, 0.25) is 0 Å². The van der Waals surface area contributed by atoms with Gasteiger partial charge in [0.15, 0.2) is 0 Å². The summed E-state index contributed by atoms with van der Waals surface area (Å²) in [5, 5.41) is 4.68. The van der Waals surface area contributed by atoms with E-state index in [0.717, 1.165) is 44.6 Å². The summed E-state index contributed by atoms with van der Waals surface area (Å²) in [5.74, 6) is 0.864. The number of aromatic nitrogens is 4. The van der Waals surface area contributed by atoms with E-state index in [1.54, 1.807) is 0 Å². The van der Waals surface area contributed by atoms with Gasteiger partial charge in [0.1, 0.15) is 17.1 Å². The van der Waals surface area contributed by atoms with Crippen LogP contribution in [0, 0.1) is 13.8 Å². The minimum atomic E-state index is 0.864. The molecule has 0 saturated carbocycles. The van der Waals surface area contributed by atoms with E-state index in [9.17, 15) is 0 Å². The molecule has 0 saturated heterocycles. The fourth-order valence-electron chi connectivity index (χ4n) is 6.02. The molecular weight excluding hydrogens is 488 g/mol. The van der Waals surface area contributed by atoms with Gasteiger partial charge in [0, 0.05) is 33.4 Å². The second-order valence-electron chi connectivity index (χ2n) is 10.5. The summed E-state index contributed by atoms with van der Waals surface area (Å²) in [5.41, 5.74) is 10.0. The number of benzene rings is 4. The van der Waals surface area contributed by atoms with Gasteiger partial charge >= 0.3 is 0 Å². The minimum Gasteiger partial charge on any atom is -0.294 e. The van der Waals surface area contributed by atoms with Crippen molar-refractivity contribution in [2.45, 2.75) is 13.8 Å². The molecule has 4 nitrogen and oxygen atoms in total. The smallest absolute Gasteiger partial charge is 0.149 e. The Kier molecular flexibility index (Phi) is 4.92. The molecule has 190 valence electrons. The molecule has 40 heavy (non-hydrogen) atoms. The van der Waals surface area contributed by atoms with Gasteiger partial charge in [-0.3, -0.25) is 9.13 Å². The number of hydrogen-bond donors (Lipinski definition) is 0. The first-order valence-electron chi connectivity index (χ1n) is 13.6. The number of fused-ring (bicyclic) bond motifs is 6. The highest BCUT2D eigenvalue weighted by molar-refractivity contribution is 6.16. The highest BCUT2D eigenvalue weighted by Crippen LogP contribution is 2.38. The van der Waals surface area contributed by atoms with Crippen LogP contribution in [0.25, 0.3) is 66.5 Å². The maximum absolute atomic E-state index is 5.45. The van der Waals surface area contributed by atoms with E-state index in [1.807, 2.05) is 24.4 Å². The van der Waals surface area contributed by atoms with Crippen molar-refractivity contribution in [1.29, 1.82) is 0 Å². The largest absolute Gasteiger partial charge is 0.294 e. The van der Waals surface area contributed by atoms with Crippen LogP contribution in [0.15, 0.2) is 121 Å². The lowest BCUT2D eigenvalue weighted by atomic mass is 10.1. The minimum absolute atomic E-state index is 0.864. The van der Waals surface area contributed by atoms with Crippen LogP contribution in [0.1, 0.15) is 11.1 Å². The summed E-state index contributed by atoms with van der Waals surface area (Å²) in [6.07, 6.45) is 1.84. The molecule has 0 aliphatic carbocycles. The first-order chi connectivity index (χ1) is 19.7. The van der Waals surface area contributed by atoms with Crippen LogP contribution in [-0.2, 0) is 0 Å². The molecule has 0 bridgehead atoms. The van der Waals surface area contributed by atoms with Crippen LogP contribution < -0.4 is 0 Å². The summed E-state index contributed by atoms with van der Waals surface area (Å²) in [6.45, 7) is 4.30. The van der Waals surface area contributed by atoms with Crippen molar-refractivity contribution in [3.05, 3.63) is 133 Å². The van der Waals surface area contributed by atoms with Crippen molar-refractivity contribution in [1.82, 2.24) is 19.1 Å². The van der Waals surface area contributed by atoms with Crippen LogP contribution in [0.5, 0.6) is 0 Å². The zero-order valence-corrected chi connectivity index (χ0v) is 22.3. The van der Waals surface area contributed by atoms with Crippen molar-refractivity contribution < 1.29 is 0 Å². The number of rotatable bonds is 3. The molecule has 0 atom stereocenters. The average molecular weight is 515 g/mol. The Morgan fingerprint density at radius 3 is 1.85 bits per heavy atom. The summed E-state index contributed by atoms with van der Waals surface area (Å²) >= 11 is 0. The number of pyridine rings is 2. The predicted octanol–water partition coefficient (Wildman–Crippen LogP) is 8.95. The van der Waals surface area contributed by atoms with Gasteiger partial charge in [-0.2, -0.15) is 0 Å². The van der Waals surface area contributed by atoms with Crippen LogP contribution in [0.4, 0.5) is 0 Å². The van der Waals surface area contributed by atoms with E-state index in [2.05, 4.69) is 120 Å². The maximum Gasteiger partial charge on any atom is 0.149 e. The summed E-state index contributed by atoms with van der Waals surface area (Å²) in [4.78, 5) is 10.2. The Hall–Kier alpha value is -5.22. The molecule has 0 radical (unpaired) electrons. The third kappa shape index (κ3) is 3.39. The standard InChI is InChI=1S/C36H26N4/c1-23-14-16-32-28(19-23)30-22-31-29-20-24(2)15-17-33(29)40(34-13-6-7-18-37-34)36(31)38-35(30)39(32)27-12-8-11-26(21-27)25-9-4-3-5-10-25/h3-22H,1-2H3. The van der Waals surface area contributed by atoms with Crippen molar-refractivity contribution in [3.8, 4) is 22.6 Å². The van der Waals surface area contributed by atoms with Crippen molar-refractivity contribution in [2.24, 2.45) is 0 Å². The van der Waals surface area contributed by atoms with Crippen LogP contribution >= 0.6 is 0 Å². The zero-order chi connectivity index (χ0) is 26.8. The Bertz CT molecular complexity index is 2220. The van der Waals surface area contributed by atoms with Crippen LogP contribution in [0.3, 0.4) is 0 Å². The average Bonchev–Trinajstić information content (AvgIpc) is 3.48. The van der Waals surface area contributed by atoms with Gasteiger partial charge in [0.25, 0.3) is 0 Å². The first-order valence-corrected chi connectivity index (χ1v) is 13.6. The van der Waals surface area contributed by atoms with E-state index in [-0.39, 0.29) is 0 Å². The Labute approximate surface area is 231 Å². The quantitative estimate of drug-likeness (QED) is 0.236. The van der Waals surface area contributed by atoms with Gasteiger partial charge in [-0.25, -0.2) is 9.97 Å². The molecule has 0 aliphatic rings. The van der Waals surface area contributed by atoms with Gasteiger partial charge in [-0.1, -0.05) is 71.8 Å². The second kappa shape index (κ2) is 8.65. The molecule has 4 aromatic heterocycles. The maximum atomic E-state index is 5.45. The molecule has 0 aliphatic heterocycles. The van der Waals surface area contributed by atoms with Crippen molar-refractivity contribution in [3.63, 3.8) is 0 Å². The van der Waals surface area contributed by atoms with Gasteiger partial charge in [-0.05, 0) is 79.6 Å². The molecule has 4 heteroatoms. The lowest BCUT2D eigenvalue weighted by Crippen LogP contribution is -2.00. The number of aryl methyl sites for hydroxylation is 2. The van der Waals surface area contributed by atoms with Gasteiger partial charge < -0.3 is 0 Å². The Morgan fingerprint density at radius 2 is 1.15 bits per heavy atom. The second-order valence-corrected chi connectivity index (χ2v) is 10.5. The topological polar surface area (TPSA) is 35.6 Å². The van der Waals surface area contributed by atoms with Crippen molar-refractivity contribution >= 4 is 43.9 Å². The van der Waals surface area contributed by atoms with Crippen molar-refractivity contribution in [2.75, 3.05) is 0 Å². The molecule has 0 unspecified atom stereocenters. The molecule has 0 N–H and O–H groups in total. The number of hydrogen-bond acceptors (Lipinski definition) is 2. The third-order valence-electron chi connectivity index (χ3n) is 7.86. The molecule has 0 fully saturated rings. The molecule has 0 amide bonds. The van der Waals surface area contributed by atoms with E-state index in [1.165, 1.54) is 33.0 Å².